The van der Waals surface area contributed by atoms with Crippen molar-refractivity contribution in [1.29, 1.82) is 0 Å². The Labute approximate surface area is 201 Å². The Morgan fingerprint density at radius 2 is 0.882 bits per heavy atom. The Morgan fingerprint density at radius 1 is 0.471 bits per heavy atom. The summed E-state index contributed by atoms with van der Waals surface area (Å²) in [7, 11) is -4.38. The Hall–Kier alpha value is -3.73. The van der Waals surface area contributed by atoms with Gasteiger partial charge in [0.2, 0.25) is 0 Å². The summed E-state index contributed by atoms with van der Waals surface area (Å²) < 4.78 is 32.7. The molecule has 0 atom stereocenters. The number of hydrogen-bond donors (Lipinski definition) is 0. The number of hydrogen-bond acceptors (Lipinski definition) is 3. The fraction of sp³-hybridized carbons (Fsp3) is 0.0667. The molecule has 0 radical (unpaired) electrons. The second-order valence-electron chi connectivity index (χ2n) is 8.07. The molecule has 0 unspecified atom stereocenters. The molecule has 170 valence electrons. The minimum atomic E-state index is -4.38. The van der Waals surface area contributed by atoms with E-state index >= 15 is 0 Å². The number of fused-ring (bicyclic) bond motifs is 1. The molecule has 0 saturated heterocycles. The van der Waals surface area contributed by atoms with Gasteiger partial charge < -0.3 is 4.55 Å². The first-order chi connectivity index (χ1) is 16.5. The second-order valence-corrected chi connectivity index (χ2v) is 9.42. The summed E-state index contributed by atoms with van der Waals surface area (Å²) in [6, 6.07) is 41.7. The molecule has 0 saturated carbocycles. The van der Waals surface area contributed by atoms with E-state index in [0.717, 1.165) is 18.2 Å². The highest BCUT2D eigenvalue weighted by Crippen LogP contribution is 2.22. The molecule has 5 aromatic rings. The summed E-state index contributed by atoms with van der Waals surface area (Å²) in [5.41, 5.74) is 5.47. The van der Waals surface area contributed by atoms with Crippen molar-refractivity contribution >= 4 is 20.9 Å². The van der Waals surface area contributed by atoms with Crippen molar-refractivity contribution in [3.8, 4) is 0 Å². The molecule has 5 rings (SSSR count). The highest BCUT2D eigenvalue weighted by atomic mass is 32.2. The molecule has 5 aromatic carbocycles. The molecule has 0 fully saturated rings. The molecule has 0 aliphatic carbocycles. The van der Waals surface area contributed by atoms with Gasteiger partial charge in [-0.25, -0.2) is 8.42 Å². The number of benzene rings is 5. The SMILES string of the molecule is O=S(=O)([O-])c1cccc2ccccc12.c1ccc(Cc2ccc(Cc3ccccc3)cc2)cc1. The lowest BCUT2D eigenvalue weighted by Gasteiger charge is -2.09. The van der Waals surface area contributed by atoms with Crippen molar-refractivity contribution in [1.82, 2.24) is 0 Å². The fourth-order valence-electron chi connectivity index (χ4n) is 3.85. The van der Waals surface area contributed by atoms with E-state index in [1.807, 2.05) is 0 Å². The van der Waals surface area contributed by atoms with E-state index in [-0.39, 0.29) is 4.90 Å². The lowest BCUT2D eigenvalue weighted by molar-refractivity contribution is 0.464. The maximum Gasteiger partial charge on any atom is 0.125 e. The molecule has 34 heavy (non-hydrogen) atoms. The summed E-state index contributed by atoms with van der Waals surface area (Å²) in [6.45, 7) is 0. The van der Waals surface area contributed by atoms with Crippen LogP contribution >= 0.6 is 0 Å². The van der Waals surface area contributed by atoms with E-state index in [4.69, 9.17) is 0 Å². The summed E-state index contributed by atoms with van der Waals surface area (Å²) >= 11 is 0. The molecule has 0 heterocycles. The van der Waals surface area contributed by atoms with Gasteiger partial charge in [0.15, 0.2) is 0 Å². The van der Waals surface area contributed by atoms with E-state index < -0.39 is 10.1 Å². The zero-order valence-corrected chi connectivity index (χ0v) is 19.5. The van der Waals surface area contributed by atoms with Crippen LogP contribution in [0.4, 0.5) is 0 Å². The Morgan fingerprint density at radius 3 is 1.38 bits per heavy atom. The van der Waals surface area contributed by atoms with Crippen molar-refractivity contribution in [2.45, 2.75) is 17.7 Å². The maximum atomic E-state index is 10.9. The van der Waals surface area contributed by atoms with Crippen molar-refractivity contribution in [3.05, 3.63) is 150 Å². The van der Waals surface area contributed by atoms with Gasteiger partial charge in [-0.1, -0.05) is 121 Å². The molecule has 0 spiro atoms. The van der Waals surface area contributed by atoms with Crippen molar-refractivity contribution in [2.75, 3.05) is 0 Å². The van der Waals surface area contributed by atoms with Crippen molar-refractivity contribution in [3.63, 3.8) is 0 Å². The standard InChI is InChI=1S/C20H18.C10H8O3S/c1-3-7-17(8-4-1)15-19-11-13-20(14-12-19)16-18-9-5-2-6-10-18;11-14(12,13)10-7-3-5-8-4-1-2-6-9(8)10/h1-14H,15-16H2;1-7H,(H,11,12,13)/p-1. The average Bonchev–Trinajstić information content (AvgIpc) is 2.86. The first-order valence-corrected chi connectivity index (χ1v) is 12.5. The van der Waals surface area contributed by atoms with Crippen molar-refractivity contribution < 1.29 is 13.0 Å². The van der Waals surface area contributed by atoms with E-state index in [1.54, 1.807) is 36.4 Å². The third kappa shape index (κ3) is 6.41. The quantitative estimate of drug-likeness (QED) is 0.274. The molecule has 0 aliphatic heterocycles. The Balaban J connectivity index is 0.000000172. The third-order valence-corrected chi connectivity index (χ3v) is 6.44. The van der Waals surface area contributed by atoms with Gasteiger partial charge in [-0.3, -0.25) is 0 Å². The van der Waals surface area contributed by atoms with Crippen LogP contribution in [0.5, 0.6) is 0 Å². The largest absolute Gasteiger partial charge is 0.744 e. The molecule has 0 N–H and O–H groups in total. The zero-order chi connectivity index (χ0) is 23.8. The molecule has 0 aromatic heterocycles. The van der Waals surface area contributed by atoms with E-state index in [1.165, 1.54) is 28.3 Å². The number of rotatable bonds is 5. The van der Waals surface area contributed by atoms with Gasteiger partial charge in [-0.05, 0) is 51.9 Å². The van der Waals surface area contributed by atoms with Gasteiger partial charge in [0.1, 0.15) is 10.1 Å². The van der Waals surface area contributed by atoms with Crippen LogP contribution in [0, 0.1) is 0 Å². The van der Waals surface area contributed by atoms with Crippen LogP contribution in [0.3, 0.4) is 0 Å². The van der Waals surface area contributed by atoms with Crippen LogP contribution in [0.25, 0.3) is 10.8 Å². The van der Waals surface area contributed by atoms with Gasteiger partial charge in [0, 0.05) is 0 Å². The minimum Gasteiger partial charge on any atom is -0.744 e. The average molecular weight is 466 g/mol. The van der Waals surface area contributed by atoms with Gasteiger partial charge >= 0.3 is 0 Å². The summed E-state index contributed by atoms with van der Waals surface area (Å²) in [5.74, 6) is 0. The van der Waals surface area contributed by atoms with E-state index in [0.29, 0.717) is 5.39 Å². The lowest BCUT2D eigenvalue weighted by Crippen LogP contribution is -1.98. The highest BCUT2D eigenvalue weighted by Gasteiger charge is 2.05. The summed E-state index contributed by atoms with van der Waals surface area (Å²) in [4.78, 5) is -0.157. The topological polar surface area (TPSA) is 57.2 Å². The molecular weight excluding hydrogens is 440 g/mol. The normalized spacial score (nSPS) is 11.0. The third-order valence-electron chi connectivity index (χ3n) is 5.54. The minimum absolute atomic E-state index is 0.157. The van der Waals surface area contributed by atoms with Crippen molar-refractivity contribution in [2.24, 2.45) is 0 Å². The summed E-state index contributed by atoms with van der Waals surface area (Å²) in [5, 5.41) is 1.23. The molecular formula is C30H25O3S-. The van der Waals surface area contributed by atoms with E-state index in [2.05, 4.69) is 84.9 Å². The Bertz CT molecular complexity index is 1380. The van der Waals surface area contributed by atoms with Crippen LogP contribution in [0.15, 0.2) is 132 Å². The summed E-state index contributed by atoms with van der Waals surface area (Å²) in [6.07, 6.45) is 2.01. The Kier molecular flexibility index (Phi) is 7.53. The fourth-order valence-corrected chi connectivity index (χ4v) is 4.55. The molecule has 0 amide bonds. The second kappa shape index (κ2) is 10.9. The first kappa shape index (κ1) is 23.4. The highest BCUT2D eigenvalue weighted by molar-refractivity contribution is 7.86. The molecule has 4 heteroatoms. The van der Waals surface area contributed by atoms with Gasteiger partial charge in [-0.2, -0.15) is 0 Å². The van der Waals surface area contributed by atoms with Gasteiger partial charge in [0.25, 0.3) is 0 Å². The van der Waals surface area contributed by atoms with Gasteiger partial charge in [0.05, 0.1) is 4.90 Å². The zero-order valence-electron chi connectivity index (χ0n) is 18.7. The van der Waals surface area contributed by atoms with Crippen LogP contribution in [-0.4, -0.2) is 13.0 Å². The van der Waals surface area contributed by atoms with E-state index in [9.17, 15) is 13.0 Å². The van der Waals surface area contributed by atoms with Crippen LogP contribution in [0.1, 0.15) is 22.3 Å². The first-order valence-electron chi connectivity index (χ1n) is 11.1. The predicted molar refractivity (Wildman–Crippen MR) is 137 cm³/mol. The van der Waals surface area contributed by atoms with Crippen LogP contribution in [-0.2, 0) is 23.0 Å². The lowest BCUT2D eigenvalue weighted by atomic mass is 10.0. The molecule has 3 nitrogen and oxygen atoms in total. The molecule has 0 bridgehead atoms. The molecule has 0 aliphatic rings. The monoisotopic (exact) mass is 465 g/mol. The van der Waals surface area contributed by atoms with Crippen LogP contribution < -0.4 is 0 Å². The predicted octanol–water partition coefficient (Wildman–Crippen LogP) is 6.61. The van der Waals surface area contributed by atoms with Crippen LogP contribution in [0.2, 0.25) is 0 Å². The van der Waals surface area contributed by atoms with Gasteiger partial charge in [-0.15, -0.1) is 0 Å². The maximum absolute atomic E-state index is 10.9. The smallest absolute Gasteiger partial charge is 0.125 e.